The van der Waals surface area contributed by atoms with Gasteiger partial charge in [0.2, 0.25) is 5.89 Å². The fourth-order valence-corrected chi connectivity index (χ4v) is 2.64. The van der Waals surface area contributed by atoms with Crippen molar-refractivity contribution in [2.24, 2.45) is 5.92 Å². The van der Waals surface area contributed by atoms with Crippen LogP contribution in [0.2, 0.25) is 0 Å². The third-order valence-electron chi connectivity index (χ3n) is 3.47. The van der Waals surface area contributed by atoms with E-state index in [1.54, 1.807) is 11.8 Å². The SMILES string of the molecule is CSCC[C@H]1NC(=O)N(Cc2nc(CCC(C)C)no2)C1=O. The number of thioether (sulfide) groups is 1. The van der Waals surface area contributed by atoms with Crippen LogP contribution in [0.15, 0.2) is 4.52 Å². The topological polar surface area (TPSA) is 88.3 Å². The molecule has 1 aromatic heterocycles. The Morgan fingerprint density at radius 2 is 2.18 bits per heavy atom. The van der Waals surface area contributed by atoms with Gasteiger partial charge >= 0.3 is 6.03 Å². The van der Waals surface area contributed by atoms with Crippen molar-refractivity contribution in [2.45, 2.75) is 45.7 Å². The molecule has 0 spiro atoms. The Hall–Kier alpha value is -1.57. The van der Waals surface area contributed by atoms with Crippen molar-refractivity contribution in [3.8, 4) is 0 Å². The van der Waals surface area contributed by atoms with Crippen molar-refractivity contribution >= 4 is 23.7 Å². The molecular formula is C14H22N4O3S. The average Bonchev–Trinajstić information content (AvgIpc) is 3.03. The van der Waals surface area contributed by atoms with Crippen LogP contribution in [0.5, 0.6) is 0 Å². The molecular weight excluding hydrogens is 304 g/mol. The predicted octanol–water partition coefficient (Wildman–Crippen LogP) is 1.83. The fourth-order valence-electron chi connectivity index (χ4n) is 2.17. The summed E-state index contributed by atoms with van der Waals surface area (Å²) in [6, 6.07) is -0.832. The Labute approximate surface area is 134 Å². The molecule has 1 aromatic rings. The summed E-state index contributed by atoms with van der Waals surface area (Å²) in [5.74, 6) is 2.08. The lowest BCUT2D eigenvalue weighted by Gasteiger charge is -2.09. The number of urea groups is 1. The van der Waals surface area contributed by atoms with Crippen molar-refractivity contribution in [3.05, 3.63) is 11.7 Å². The van der Waals surface area contributed by atoms with Crippen LogP contribution in [0.1, 0.15) is 38.4 Å². The summed E-state index contributed by atoms with van der Waals surface area (Å²) in [4.78, 5) is 29.5. The van der Waals surface area contributed by atoms with Gasteiger partial charge in [-0.15, -0.1) is 0 Å². The van der Waals surface area contributed by atoms with E-state index in [1.165, 1.54) is 0 Å². The van der Waals surface area contributed by atoms with E-state index in [1.807, 2.05) is 6.26 Å². The zero-order valence-corrected chi connectivity index (χ0v) is 14.0. The molecule has 0 aliphatic carbocycles. The van der Waals surface area contributed by atoms with E-state index in [0.29, 0.717) is 24.1 Å². The number of aryl methyl sites for hydroxylation is 1. The first kappa shape index (κ1) is 16.8. The van der Waals surface area contributed by atoms with Gasteiger partial charge in [-0.1, -0.05) is 19.0 Å². The maximum atomic E-state index is 12.2. The third kappa shape index (κ3) is 4.22. The Bertz CT molecular complexity index is 532. The number of aromatic nitrogens is 2. The highest BCUT2D eigenvalue weighted by atomic mass is 32.2. The number of hydrogen-bond acceptors (Lipinski definition) is 6. The number of rotatable bonds is 8. The Balaban J connectivity index is 1.92. The van der Waals surface area contributed by atoms with Crippen molar-refractivity contribution in [3.63, 3.8) is 0 Å². The fraction of sp³-hybridized carbons (Fsp3) is 0.714. The van der Waals surface area contributed by atoms with Crippen LogP contribution in [-0.4, -0.2) is 45.0 Å². The Morgan fingerprint density at radius 1 is 1.41 bits per heavy atom. The molecule has 0 aromatic carbocycles. The van der Waals surface area contributed by atoms with Crippen molar-refractivity contribution in [1.82, 2.24) is 20.4 Å². The number of imide groups is 1. The second-order valence-corrected chi connectivity index (χ2v) is 6.73. The number of hydrogen-bond donors (Lipinski definition) is 1. The minimum atomic E-state index is -0.441. The molecule has 22 heavy (non-hydrogen) atoms. The standard InChI is InChI=1S/C14H22N4O3S/c1-9(2)4-5-11-16-12(21-17-11)8-18-13(19)10(6-7-22-3)15-14(18)20/h9-10H,4-8H2,1-3H3,(H,15,20)/t10-/m1/s1. The number of nitrogens with one attached hydrogen (secondary N) is 1. The first-order valence-electron chi connectivity index (χ1n) is 7.43. The van der Waals surface area contributed by atoms with Gasteiger partial charge in [0.15, 0.2) is 5.82 Å². The molecule has 122 valence electrons. The smallest absolute Gasteiger partial charge is 0.325 e. The van der Waals surface area contributed by atoms with Crippen LogP contribution in [0.4, 0.5) is 4.79 Å². The zero-order chi connectivity index (χ0) is 16.1. The molecule has 0 radical (unpaired) electrons. The lowest BCUT2D eigenvalue weighted by atomic mass is 10.1. The van der Waals surface area contributed by atoms with Gasteiger partial charge in [0.05, 0.1) is 0 Å². The van der Waals surface area contributed by atoms with Crippen LogP contribution >= 0.6 is 11.8 Å². The van der Waals surface area contributed by atoms with Gasteiger partial charge in [-0.05, 0) is 30.8 Å². The highest BCUT2D eigenvalue weighted by Crippen LogP contribution is 2.15. The molecule has 1 aliphatic rings. The number of carbonyl (C=O) groups excluding carboxylic acids is 2. The largest absolute Gasteiger partial charge is 0.337 e. The minimum absolute atomic E-state index is 0.0368. The zero-order valence-electron chi connectivity index (χ0n) is 13.2. The number of amides is 3. The lowest BCUT2D eigenvalue weighted by Crippen LogP contribution is -2.31. The monoisotopic (exact) mass is 326 g/mol. The Kier molecular flexibility index (Phi) is 5.82. The van der Waals surface area contributed by atoms with Gasteiger partial charge in [-0.3, -0.25) is 9.69 Å². The maximum Gasteiger partial charge on any atom is 0.325 e. The third-order valence-corrected chi connectivity index (χ3v) is 4.11. The second kappa shape index (κ2) is 7.62. The molecule has 7 nitrogen and oxygen atoms in total. The van der Waals surface area contributed by atoms with Crippen LogP contribution in [-0.2, 0) is 17.8 Å². The molecule has 1 fully saturated rings. The van der Waals surface area contributed by atoms with Gasteiger partial charge in [0.1, 0.15) is 12.6 Å². The van der Waals surface area contributed by atoms with Crippen molar-refractivity contribution < 1.29 is 14.1 Å². The summed E-state index contributed by atoms with van der Waals surface area (Å²) in [6.45, 7) is 4.29. The Morgan fingerprint density at radius 3 is 2.86 bits per heavy atom. The van der Waals surface area contributed by atoms with E-state index in [0.717, 1.165) is 23.5 Å². The van der Waals surface area contributed by atoms with Gasteiger partial charge in [0, 0.05) is 6.42 Å². The first-order valence-corrected chi connectivity index (χ1v) is 8.83. The van der Waals surface area contributed by atoms with Gasteiger partial charge < -0.3 is 9.84 Å². The average molecular weight is 326 g/mol. The summed E-state index contributed by atoms with van der Waals surface area (Å²) in [5, 5.41) is 6.58. The van der Waals surface area contributed by atoms with Crippen LogP contribution in [0.25, 0.3) is 0 Å². The van der Waals surface area contributed by atoms with Crippen LogP contribution in [0.3, 0.4) is 0 Å². The molecule has 1 N–H and O–H groups in total. The minimum Gasteiger partial charge on any atom is -0.337 e. The summed E-state index contributed by atoms with van der Waals surface area (Å²) in [5.41, 5.74) is 0. The van der Waals surface area contributed by atoms with E-state index in [-0.39, 0.29) is 12.5 Å². The second-order valence-electron chi connectivity index (χ2n) is 5.74. The highest BCUT2D eigenvalue weighted by molar-refractivity contribution is 7.98. The van der Waals surface area contributed by atoms with Gasteiger partial charge in [0.25, 0.3) is 5.91 Å². The summed E-state index contributed by atoms with van der Waals surface area (Å²) >= 11 is 1.65. The van der Waals surface area contributed by atoms with E-state index >= 15 is 0 Å². The van der Waals surface area contributed by atoms with Gasteiger partial charge in [-0.2, -0.15) is 16.7 Å². The van der Waals surface area contributed by atoms with Crippen LogP contribution in [0, 0.1) is 5.92 Å². The van der Waals surface area contributed by atoms with Crippen molar-refractivity contribution in [2.75, 3.05) is 12.0 Å². The number of carbonyl (C=O) groups is 2. The molecule has 1 aliphatic heterocycles. The molecule has 2 heterocycles. The van der Waals surface area contributed by atoms with E-state index in [9.17, 15) is 9.59 Å². The predicted molar refractivity (Wildman–Crippen MR) is 83.3 cm³/mol. The maximum absolute atomic E-state index is 12.2. The van der Waals surface area contributed by atoms with Crippen LogP contribution < -0.4 is 5.32 Å². The molecule has 1 saturated heterocycles. The van der Waals surface area contributed by atoms with E-state index in [2.05, 4.69) is 29.3 Å². The lowest BCUT2D eigenvalue weighted by molar-refractivity contribution is -0.128. The molecule has 8 heteroatoms. The molecule has 0 bridgehead atoms. The number of nitrogens with zero attached hydrogens (tertiary/aromatic N) is 3. The molecule has 2 rings (SSSR count). The molecule has 0 unspecified atom stereocenters. The van der Waals surface area contributed by atoms with Crippen molar-refractivity contribution in [1.29, 1.82) is 0 Å². The summed E-state index contributed by atoms with van der Waals surface area (Å²) < 4.78 is 5.13. The molecule has 0 saturated carbocycles. The first-order chi connectivity index (χ1) is 10.5. The molecule has 1 atom stereocenters. The van der Waals surface area contributed by atoms with Gasteiger partial charge in [-0.25, -0.2) is 4.79 Å². The quantitative estimate of drug-likeness (QED) is 0.733. The summed E-state index contributed by atoms with van der Waals surface area (Å²) in [6.07, 6.45) is 4.30. The highest BCUT2D eigenvalue weighted by Gasteiger charge is 2.38. The summed E-state index contributed by atoms with van der Waals surface area (Å²) in [7, 11) is 0. The van der Waals surface area contributed by atoms with E-state index in [4.69, 9.17) is 4.52 Å². The molecule has 3 amide bonds. The normalized spacial score (nSPS) is 18.4. The van der Waals surface area contributed by atoms with E-state index < -0.39 is 12.1 Å².